The van der Waals surface area contributed by atoms with Gasteiger partial charge in [-0.15, -0.1) is 0 Å². The van der Waals surface area contributed by atoms with Crippen molar-refractivity contribution in [3.8, 4) is 0 Å². The van der Waals surface area contributed by atoms with Gasteiger partial charge in [0.25, 0.3) is 0 Å². The maximum atomic E-state index is 5.33. The average molecular weight is 203 g/mol. The van der Waals surface area contributed by atoms with Gasteiger partial charge in [-0.1, -0.05) is 0 Å². The Bertz CT molecular complexity index is 460. The van der Waals surface area contributed by atoms with E-state index in [4.69, 9.17) is 4.74 Å². The van der Waals surface area contributed by atoms with Gasteiger partial charge in [0.15, 0.2) is 0 Å². The van der Waals surface area contributed by atoms with Crippen molar-refractivity contribution in [2.24, 2.45) is 0 Å². The molecule has 78 valence electrons. The van der Waals surface area contributed by atoms with Crippen LogP contribution in [0.15, 0.2) is 30.6 Å². The van der Waals surface area contributed by atoms with Crippen molar-refractivity contribution in [3.63, 3.8) is 0 Å². The molecule has 0 N–H and O–H groups in total. The molecule has 0 saturated carbocycles. The Labute approximate surface area is 88.1 Å². The molecule has 0 aromatic carbocycles. The van der Waals surface area contributed by atoms with Gasteiger partial charge in [-0.2, -0.15) is 5.10 Å². The maximum absolute atomic E-state index is 5.33. The molecule has 0 radical (unpaired) electrons. The van der Waals surface area contributed by atoms with E-state index in [-0.39, 0.29) is 0 Å². The molecule has 1 aliphatic heterocycles. The van der Waals surface area contributed by atoms with Crippen LogP contribution in [0.25, 0.3) is 5.52 Å². The fourth-order valence-corrected chi connectivity index (χ4v) is 1.93. The Morgan fingerprint density at radius 1 is 1.20 bits per heavy atom. The van der Waals surface area contributed by atoms with Gasteiger partial charge in [0.1, 0.15) is 0 Å². The minimum absolute atomic E-state index is 0.824. The van der Waals surface area contributed by atoms with Crippen LogP contribution in [0.5, 0.6) is 0 Å². The van der Waals surface area contributed by atoms with Crippen molar-refractivity contribution in [3.05, 3.63) is 30.6 Å². The molecule has 2 aromatic rings. The first kappa shape index (κ1) is 8.73. The van der Waals surface area contributed by atoms with Crippen LogP contribution in [-0.2, 0) is 4.74 Å². The summed E-state index contributed by atoms with van der Waals surface area (Å²) in [6, 6.07) is 6.29. The summed E-state index contributed by atoms with van der Waals surface area (Å²) in [6.45, 7) is 3.60. The van der Waals surface area contributed by atoms with Crippen LogP contribution in [0.1, 0.15) is 0 Å². The zero-order valence-corrected chi connectivity index (χ0v) is 8.47. The van der Waals surface area contributed by atoms with E-state index in [2.05, 4.69) is 22.1 Å². The second kappa shape index (κ2) is 3.55. The van der Waals surface area contributed by atoms with E-state index in [1.165, 1.54) is 5.69 Å². The number of anilines is 1. The molecule has 0 amide bonds. The van der Waals surface area contributed by atoms with Gasteiger partial charge in [-0.3, -0.25) is 0 Å². The molecule has 4 nitrogen and oxygen atoms in total. The SMILES string of the molecule is c1cc2cc(N3CCOCC3)ccn2n1. The van der Waals surface area contributed by atoms with E-state index in [1.54, 1.807) is 0 Å². The van der Waals surface area contributed by atoms with Crippen molar-refractivity contribution in [1.82, 2.24) is 9.61 Å². The summed E-state index contributed by atoms with van der Waals surface area (Å²) in [5, 5.41) is 4.18. The Balaban J connectivity index is 1.95. The summed E-state index contributed by atoms with van der Waals surface area (Å²) in [4.78, 5) is 2.34. The molecule has 15 heavy (non-hydrogen) atoms. The van der Waals surface area contributed by atoms with Crippen LogP contribution in [0, 0.1) is 0 Å². The molecule has 0 atom stereocenters. The third-order valence-corrected chi connectivity index (χ3v) is 2.76. The zero-order valence-electron chi connectivity index (χ0n) is 8.47. The van der Waals surface area contributed by atoms with Crippen LogP contribution < -0.4 is 4.90 Å². The molecular weight excluding hydrogens is 190 g/mol. The number of fused-ring (bicyclic) bond motifs is 1. The molecule has 0 bridgehead atoms. The van der Waals surface area contributed by atoms with Crippen LogP contribution in [0.4, 0.5) is 5.69 Å². The molecule has 2 aromatic heterocycles. The first-order valence-corrected chi connectivity index (χ1v) is 5.19. The lowest BCUT2D eigenvalue weighted by atomic mass is 10.3. The van der Waals surface area contributed by atoms with Gasteiger partial charge >= 0.3 is 0 Å². The molecule has 0 aliphatic carbocycles. The smallest absolute Gasteiger partial charge is 0.0682 e. The monoisotopic (exact) mass is 203 g/mol. The number of morpholine rings is 1. The van der Waals surface area contributed by atoms with E-state index in [0.717, 1.165) is 31.8 Å². The first-order chi connectivity index (χ1) is 7.43. The van der Waals surface area contributed by atoms with Crippen LogP contribution >= 0.6 is 0 Å². The number of hydrogen-bond donors (Lipinski definition) is 0. The molecule has 1 fully saturated rings. The van der Waals surface area contributed by atoms with E-state index < -0.39 is 0 Å². The second-order valence-corrected chi connectivity index (χ2v) is 3.69. The van der Waals surface area contributed by atoms with E-state index >= 15 is 0 Å². The lowest BCUT2D eigenvalue weighted by Gasteiger charge is -2.28. The predicted octanol–water partition coefficient (Wildman–Crippen LogP) is 1.17. The van der Waals surface area contributed by atoms with E-state index in [0.29, 0.717) is 0 Å². The van der Waals surface area contributed by atoms with Gasteiger partial charge < -0.3 is 9.64 Å². The van der Waals surface area contributed by atoms with Crippen molar-refractivity contribution in [2.75, 3.05) is 31.2 Å². The molecular formula is C11H13N3O. The van der Waals surface area contributed by atoms with Crippen molar-refractivity contribution < 1.29 is 4.74 Å². The minimum atomic E-state index is 0.824. The van der Waals surface area contributed by atoms with Crippen LogP contribution in [-0.4, -0.2) is 35.9 Å². The van der Waals surface area contributed by atoms with E-state index in [9.17, 15) is 0 Å². The highest BCUT2D eigenvalue weighted by molar-refractivity contribution is 5.59. The summed E-state index contributed by atoms with van der Waals surface area (Å²) in [6.07, 6.45) is 3.82. The van der Waals surface area contributed by atoms with Crippen molar-refractivity contribution in [2.45, 2.75) is 0 Å². The van der Waals surface area contributed by atoms with Gasteiger partial charge in [-0.05, 0) is 18.2 Å². The van der Waals surface area contributed by atoms with Gasteiger partial charge in [0.05, 0.1) is 18.7 Å². The molecule has 3 rings (SSSR count). The first-order valence-electron chi connectivity index (χ1n) is 5.19. The fraction of sp³-hybridized carbons (Fsp3) is 0.364. The number of nitrogens with zero attached hydrogens (tertiary/aromatic N) is 3. The molecule has 3 heterocycles. The zero-order chi connectivity index (χ0) is 10.1. The molecule has 0 spiro atoms. The lowest BCUT2D eigenvalue weighted by molar-refractivity contribution is 0.122. The summed E-state index contributed by atoms with van der Waals surface area (Å²) in [5.74, 6) is 0. The summed E-state index contributed by atoms with van der Waals surface area (Å²) < 4.78 is 7.21. The Kier molecular flexibility index (Phi) is 2.07. The predicted molar refractivity (Wildman–Crippen MR) is 58.2 cm³/mol. The van der Waals surface area contributed by atoms with Gasteiger partial charge in [-0.25, -0.2) is 4.52 Å². The quantitative estimate of drug-likeness (QED) is 0.697. The third-order valence-electron chi connectivity index (χ3n) is 2.76. The highest BCUT2D eigenvalue weighted by Gasteiger charge is 2.11. The summed E-state index contributed by atoms with van der Waals surface area (Å²) >= 11 is 0. The molecule has 1 saturated heterocycles. The van der Waals surface area contributed by atoms with Gasteiger partial charge in [0, 0.05) is 31.2 Å². The summed E-state index contributed by atoms with van der Waals surface area (Å²) in [7, 11) is 0. The lowest BCUT2D eigenvalue weighted by Crippen LogP contribution is -2.36. The normalized spacial score (nSPS) is 17.2. The molecule has 1 aliphatic rings. The Morgan fingerprint density at radius 3 is 2.93 bits per heavy atom. The number of aromatic nitrogens is 2. The fourth-order valence-electron chi connectivity index (χ4n) is 1.93. The number of pyridine rings is 1. The standard InChI is InChI=1S/C11H13N3O/c1-3-12-14-4-2-10(9-11(1)14)13-5-7-15-8-6-13/h1-4,9H,5-8H2. The van der Waals surface area contributed by atoms with Crippen LogP contribution in [0.3, 0.4) is 0 Å². The van der Waals surface area contributed by atoms with E-state index in [1.807, 2.05) is 23.0 Å². The molecule has 4 heteroatoms. The topological polar surface area (TPSA) is 29.8 Å². The second-order valence-electron chi connectivity index (χ2n) is 3.69. The highest BCUT2D eigenvalue weighted by atomic mass is 16.5. The third kappa shape index (κ3) is 1.57. The van der Waals surface area contributed by atoms with Crippen molar-refractivity contribution >= 4 is 11.2 Å². The van der Waals surface area contributed by atoms with Crippen LogP contribution in [0.2, 0.25) is 0 Å². The number of rotatable bonds is 1. The van der Waals surface area contributed by atoms with Gasteiger partial charge in [0.2, 0.25) is 0 Å². The number of hydrogen-bond acceptors (Lipinski definition) is 3. The van der Waals surface area contributed by atoms with Crippen molar-refractivity contribution in [1.29, 1.82) is 0 Å². The number of ether oxygens (including phenoxy) is 1. The molecule has 0 unspecified atom stereocenters. The Morgan fingerprint density at radius 2 is 2.07 bits per heavy atom. The average Bonchev–Trinajstić information content (AvgIpc) is 2.77. The minimum Gasteiger partial charge on any atom is -0.378 e. The largest absolute Gasteiger partial charge is 0.378 e. The Hall–Kier alpha value is -1.55. The maximum Gasteiger partial charge on any atom is 0.0682 e. The highest BCUT2D eigenvalue weighted by Crippen LogP contribution is 2.17. The summed E-state index contributed by atoms with van der Waals surface area (Å²) in [5.41, 5.74) is 2.39.